The summed E-state index contributed by atoms with van der Waals surface area (Å²) in [6.45, 7) is 1.55. The number of carbonyl (C=O) groups excluding carboxylic acids is 1. The fourth-order valence-corrected chi connectivity index (χ4v) is 3.04. The van der Waals surface area contributed by atoms with Gasteiger partial charge < -0.3 is 5.73 Å². The molecule has 0 aliphatic rings. The minimum atomic E-state index is -3.20. The Kier molecular flexibility index (Phi) is 2.72. The molecule has 1 heterocycles. The number of nitrogens with two attached hydrogens (primary N) is 1. The first-order valence-electron chi connectivity index (χ1n) is 3.59. The molecular weight excluding hydrogens is 210 g/mol. The molecule has 0 bridgehead atoms. The van der Waals surface area contributed by atoms with Gasteiger partial charge in [0.05, 0.1) is 10.6 Å². The average Bonchev–Trinajstić information content (AvgIpc) is 2.52. The molecule has 0 saturated carbocycles. The maximum atomic E-state index is 11.3. The predicted octanol–water partition coefficient (Wildman–Crippen LogP) is 0.641. The average molecular weight is 219 g/mol. The number of carbonyl (C=O) groups is 1. The first-order valence-corrected chi connectivity index (χ1v) is 6.06. The molecule has 13 heavy (non-hydrogen) atoms. The van der Waals surface area contributed by atoms with Gasteiger partial charge in [-0.2, -0.15) is 0 Å². The molecule has 1 aromatic rings. The van der Waals surface area contributed by atoms with Crippen molar-refractivity contribution in [3.05, 3.63) is 17.0 Å². The Labute approximate surface area is 80.3 Å². The van der Waals surface area contributed by atoms with Gasteiger partial charge in [-0.1, -0.05) is 6.92 Å². The van der Waals surface area contributed by atoms with Crippen molar-refractivity contribution in [3.63, 3.8) is 0 Å². The van der Waals surface area contributed by atoms with Crippen molar-refractivity contribution in [1.29, 1.82) is 0 Å². The molecule has 1 aromatic heterocycles. The van der Waals surface area contributed by atoms with E-state index in [0.717, 1.165) is 11.3 Å². The molecule has 4 nitrogen and oxygen atoms in total. The molecule has 0 fully saturated rings. The van der Waals surface area contributed by atoms with Crippen LogP contribution in [0.3, 0.4) is 0 Å². The van der Waals surface area contributed by atoms with Crippen LogP contribution in [0, 0.1) is 0 Å². The van der Waals surface area contributed by atoms with E-state index in [9.17, 15) is 13.2 Å². The Morgan fingerprint density at radius 3 is 2.54 bits per heavy atom. The Hall–Kier alpha value is -0.880. The van der Waals surface area contributed by atoms with Crippen molar-refractivity contribution < 1.29 is 13.2 Å². The summed E-state index contributed by atoms with van der Waals surface area (Å²) in [7, 11) is -3.20. The summed E-state index contributed by atoms with van der Waals surface area (Å²) in [5.74, 6) is -0.561. The van der Waals surface area contributed by atoms with Crippen LogP contribution in [0.1, 0.15) is 16.6 Å². The van der Waals surface area contributed by atoms with Crippen LogP contribution in [0.5, 0.6) is 0 Å². The van der Waals surface area contributed by atoms with Gasteiger partial charge in [0.15, 0.2) is 9.84 Å². The zero-order valence-electron chi connectivity index (χ0n) is 6.98. The van der Waals surface area contributed by atoms with Gasteiger partial charge in [-0.3, -0.25) is 4.79 Å². The lowest BCUT2D eigenvalue weighted by atomic mass is 10.5. The first-order chi connectivity index (χ1) is 5.97. The number of sulfone groups is 1. The van der Waals surface area contributed by atoms with Crippen molar-refractivity contribution in [2.24, 2.45) is 5.73 Å². The highest BCUT2D eigenvalue weighted by Gasteiger charge is 2.15. The zero-order valence-corrected chi connectivity index (χ0v) is 8.61. The van der Waals surface area contributed by atoms with Gasteiger partial charge in [-0.15, -0.1) is 11.3 Å². The summed E-state index contributed by atoms with van der Waals surface area (Å²) >= 11 is 0.910. The smallest absolute Gasteiger partial charge is 0.258 e. The predicted molar refractivity (Wildman–Crippen MR) is 50.6 cm³/mol. The number of hydrogen-bond donors (Lipinski definition) is 1. The van der Waals surface area contributed by atoms with Gasteiger partial charge in [0.25, 0.3) is 5.91 Å². The van der Waals surface area contributed by atoms with E-state index in [2.05, 4.69) is 0 Å². The monoisotopic (exact) mass is 219 g/mol. The van der Waals surface area contributed by atoms with E-state index >= 15 is 0 Å². The standard InChI is InChI=1S/C7H9NO3S2/c1-2-13(10,11)6-4-3-5(12-6)7(8)9/h3-4H,2H2,1H3,(H2,8,9). The minimum Gasteiger partial charge on any atom is -0.365 e. The summed E-state index contributed by atoms with van der Waals surface area (Å²) in [5, 5.41) is 0. The van der Waals surface area contributed by atoms with E-state index in [1.54, 1.807) is 6.92 Å². The van der Waals surface area contributed by atoms with Crippen molar-refractivity contribution in [3.8, 4) is 0 Å². The summed E-state index contributed by atoms with van der Waals surface area (Å²) in [5.41, 5.74) is 4.99. The molecule has 1 rings (SSSR count). The van der Waals surface area contributed by atoms with Gasteiger partial charge in [0.2, 0.25) is 0 Å². The fraction of sp³-hybridized carbons (Fsp3) is 0.286. The molecule has 0 spiro atoms. The van der Waals surface area contributed by atoms with Crippen LogP contribution in [0.2, 0.25) is 0 Å². The van der Waals surface area contributed by atoms with Gasteiger partial charge in [-0.05, 0) is 12.1 Å². The normalized spacial score (nSPS) is 11.5. The van der Waals surface area contributed by atoms with Crippen LogP contribution >= 0.6 is 11.3 Å². The van der Waals surface area contributed by atoms with Crippen LogP contribution in [0.4, 0.5) is 0 Å². The second kappa shape index (κ2) is 3.47. The molecule has 0 saturated heterocycles. The van der Waals surface area contributed by atoms with Gasteiger partial charge >= 0.3 is 0 Å². The van der Waals surface area contributed by atoms with Crippen LogP contribution in [-0.2, 0) is 9.84 Å². The van der Waals surface area contributed by atoms with E-state index in [4.69, 9.17) is 5.73 Å². The highest BCUT2D eigenvalue weighted by atomic mass is 32.2. The number of primary amides is 1. The molecule has 1 amide bonds. The minimum absolute atomic E-state index is 0.0334. The lowest BCUT2D eigenvalue weighted by Crippen LogP contribution is -2.08. The van der Waals surface area contributed by atoms with E-state index < -0.39 is 15.7 Å². The highest BCUT2D eigenvalue weighted by Crippen LogP contribution is 2.21. The van der Waals surface area contributed by atoms with E-state index in [1.165, 1.54) is 12.1 Å². The third-order valence-electron chi connectivity index (χ3n) is 1.51. The van der Waals surface area contributed by atoms with Crippen molar-refractivity contribution in [2.45, 2.75) is 11.1 Å². The lowest BCUT2D eigenvalue weighted by molar-refractivity contribution is 0.100. The second-order valence-electron chi connectivity index (χ2n) is 2.39. The van der Waals surface area contributed by atoms with Gasteiger partial charge in [0, 0.05) is 0 Å². The third-order valence-corrected chi connectivity index (χ3v) is 4.93. The Balaban J connectivity index is 3.13. The van der Waals surface area contributed by atoms with Gasteiger partial charge in [0.1, 0.15) is 4.21 Å². The second-order valence-corrected chi connectivity index (χ2v) is 5.98. The first kappa shape index (κ1) is 10.2. The summed E-state index contributed by atoms with van der Waals surface area (Å²) in [4.78, 5) is 10.9. The maximum Gasteiger partial charge on any atom is 0.258 e. The maximum absolute atomic E-state index is 11.3. The largest absolute Gasteiger partial charge is 0.365 e. The van der Waals surface area contributed by atoms with Crippen LogP contribution in [0.25, 0.3) is 0 Å². The Morgan fingerprint density at radius 1 is 1.54 bits per heavy atom. The lowest BCUT2D eigenvalue weighted by Gasteiger charge is -1.93. The quantitative estimate of drug-likeness (QED) is 0.810. The zero-order chi connectivity index (χ0) is 10.1. The highest BCUT2D eigenvalue weighted by molar-refractivity contribution is 7.93. The van der Waals surface area contributed by atoms with Crippen molar-refractivity contribution in [1.82, 2.24) is 0 Å². The third kappa shape index (κ3) is 2.07. The van der Waals surface area contributed by atoms with Crippen molar-refractivity contribution in [2.75, 3.05) is 5.75 Å². The molecular formula is C7H9NO3S2. The fourth-order valence-electron chi connectivity index (χ4n) is 0.762. The topological polar surface area (TPSA) is 77.2 Å². The molecule has 0 aliphatic carbocycles. The SMILES string of the molecule is CCS(=O)(=O)c1ccc(C(N)=O)s1. The Bertz CT molecular complexity index is 419. The number of amides is 1. The molecule has 72 valence electrons. The molecule has 0 radical (unpaired) electrons. The van der Waals surface area contributed by atoms with E-state index in [1.807, 2.05) is 0 Å². The molecule has 2 N–H and O–H groups in total. The molecule has 6 heteroatoms. The number of thiophene rings is 1. The number of rotatable bonds is 3. The van der Waals surface area contributed by atoms with Crippen LogP contribution < -0.4 is 5.73 Å². The van der Waals surface area contributed by atoms with Gasteiger partial charge in [-0.25, -0.2) is 8.42 Å². The molecule has 0 unspecified atom stereocenters. The van der Waals surface area contributed by atoms with Crippen molar-refractivity contribution >= 4 is 27.1 Å². The Morgan fingerprint density at radius 2 is 2.15 bits per heavy atom. The van der Waals surface area contributed by atoms with Crippen LogP contribution in [-0.4, -0.2) is 20.1 Å². The van der Waals surface area contributed by atoms with Crippen LogP contribution in [0.15, 0.2) is 16.3 Å². The molecule has 0 aromatic carbocycles. The molecule has 0 aliphatic heterocycles. The summed E-state index contributed by atoms with van der Waals surface area (Å²) in [6.07, 6.45) is 0. The van der Waals surface area contributed by atoms with E-state index in [0.29, 0.717) is 0 Å². The van der Waals surface area contributed by atoms with E-state index in [-0.39, 0.29) is 14.8 Å². The summed E-state index contributed by atoms with van der Waals surface area (Å²) in [6, 6.07) is 2.83. The molecule has 0 atom stereocenters. The summed E-state index contributed by atoms with van der Waals surface area (Å²) < 4.78 is 22.8. The number of hydrogen-bond acceptors (Lipinski definition) is 4.